The predicted molar refractivity (Wildman–Crippen MR) is 108 cm³/mol. The Hall–Kier alpha value is -1.81. The quantitative estimate of drug-likeness (QED) is 0.658. The fourth-order valence-corrected chi connectivity index (χ4v) is 7.43. The van der Waals surface area contributed by atoms with Gasteiger partial charge in [-0.05, 0) is 55.7 Å². The number of benzene rings is 2. The van der Waals surface area contributed by atoms with Crippen LogP contribution in [0.15, 0.2) is 52.3 Å². The molecule has 1 aliphatic heterocycles. The molecule has 0 aromatic heterocycles. The number of hydrogen-bond donors (Lipinski definition) is 1. The van der Waals surface area contributed by atoms with Gasteiger partial charge in [-0.1, -0.05) is 17.2 Å². The molecule has 30 heavy (non-hydrogen) atoms. The van der Waals surface area contributed by atoms with Gasteiger partial charge in [0.1, 0.15) is 10.6 Å². The molecule has 5 nitrogen and oxygen atoms in total. The Balaban J connectivity index is 1.98. The van der Waals surface area contributed by atoms with E-state index in [4.69, 9.17) is 16.3 Å². The molecule has 1 saturated carbocycles. The second kappa shape index (κ2) is 7.71. The average Bonchev–Trinajstić information content (AvgIpc) is 2.70. The van der Waals surface area contributed by atoms with Gasteiger partial charge in [-0.2, -0.15) is 0 Å². The summed E-state index contributed by atoms with van der Waals surface area (Å²) < 4.78 is 81.4. The number of fused-ring (bicyclic) bond motifs is 3. The molecule has 0 saturated heterocycles. The number of ether oxygens (including phenoxy) is 1. The summed E-state index contributed by atoms with van der Waals surface area (Å²) in [5, 5.41) is 1.49. The SMILES string of the molecule is O=S(O)/C=C1/CC[C@@]2(S(=O)(=O)c3ccc(Cl)cc3)c3c(F)ccc(F)c3OC[C@H]2C1. The van der Waals surface area contributed by atoms with E-state index in [0.29, 0.717) is 10.6 Å². The molecule has 1 heterocycles. The van der Waals surface area contributed by atoms with Crippen LogP contribution in [0.2, 0.25) is 5.02 Å². The predicted octanol–water partition coefficient (Wildman–Crippen LogP) is 4.59. The van der Waals surface area contributed by atoms with E-state index in [1.165, 1.54) is 24.3 Å². The summed E-state index contributed by atoms with van der Waals surface area (Å²) in [6.07, 6.45) is 0.169. The Bertz CT molecular complexity index is 1160. The minimum absolute atomic E-state index is 0.0634. The average molecular weight is 475 g/mol. The van der Waals surface area contributed by atoms with Gasteiger partial charge in [0.25, 0.3) is 0 Å². The fraction of sp³-hybridized carbons (Fsp3) is 0.300. The smallest absolute Gasteiger partial charge is 0.188 e. The highest BCUT2D eigenvalue weighted by atomic mass is 35.5. The Morgan fingerprint density at radius 1 is 1.17 bits per heavy atom. The molecular formula is C20H17ClF2O5S2. The van der Waals surface area contributed by atoms with E-state index in [1.54, 1.807) is 0 Å². The summed E-state index contributed by atoms with van der Waals surface area (Å²) >= 11 is 3.69. The van der Waals surface area contributed by atoms with Crippen molar-refractivity contribution in [3.63, 3.8) is 0 Å². The molecule has 1 N–H and O–H groups in total. The summed E-state index contributed by atoms with van der Waals surface area (Å²) in [6, 6.07) is 7.32. The summed E-state index contributed by atoms with van der Waals surface area (Å²) in [6.45, 7) is -0.171. The third kappa shape index (κ3) is 3.28. The van der Waals surface area contributed by atoms with Crippen LogP contribution >= 0.6 is 11.6 Å². The molecule has 1 aliphatic carbocycles. The largest absolute Gasteiger partial charge is 0.490 e. The first-order valence-electron chi connectivity index (χ1n) is 9.07. The first kappa shape index (κ1) is 21.4. The lowest BCUT2D eigenvalue weighted by Crippen LogP contribution is -2.51. The highest BCUT2D eigenvalue weighted by Crippen LogP contribution is 2.57. The van der Waals surface area contributed by atoms with Gasteiger partial charge in [0.15, 0.2) is 32.5 Å². The van der Waals surface area contributed by atoms with Crippen LogP contribution < -0.4 is 4.74 Å². The number of rotatable bonds is 3. The van der Waals surface area contributed by atoms with Crippen molar-refractivity contribution in [1.29, 1.82) is 0 Å². The lowest BCUT2D eigenvalue weighted by Gasteiger charge is -2.47. The van der Waals surface area contributed by atoms with Crippen molar-refractivity contribution in [2.24, 2.45) is 5.92 Å². The van der Waals surface area contributed by atoms with Crippen molar-refractivity contribution in [3.8, 4) is 5.75 Å². The minimum Gasteiger partial charge on any atom is -0.490 e. The van der Waals surface area contributed by atoms with Crippen molar-refractivity contribution in [3.05, 3.63) is 69.6 Å². The Morgan fingerprint density at radius 3 is 2.50 bits per heavy atom. The lowest BCUT2D eigenvalue weighted by molar-refractivity contribution is 0.141. The summed E-state index contributed by atoms with van der Waals surface area (Å²) in [5.74, 6) is -2.88. The zero-order valence-electron chi connectivity index (χ0n) is 15.5. The zero-order valence-corrected chi connectivity index (χ0v) is 17.9. The van der Waals surface area contributed by atoms with Crippen molar-refractivity contribution in [1.82, 2.24) is 0 Å². The number of halogens is 3. The van der Waals surface area contributed by atoms with Crippen LogP contribution in [0.25, 0.3) is 0 Å². The molecule has 4 rings (SSSR count). The second-order valence-corrected chi connectivity index (χ2v) is 10.8. The topological polar surface area (TPSA) is 80.7 Å². The van der Waals surface area contributed by atoms with Crippen LogP contribution in [-0.2, 0) is 25.7 Å². The van der Waals surface area contributed by atoms with Gasteiger partial charge in [0.05, 0.1) is 17.1 Å². The number of sulfone groups is 1. The monoisotopic (exact) mass is 474 g/mol. The minimum atomic E-state index is -4.22. The van der Waals surface area contributed by atoms with E-state index in [-0.39, 0.29) is 36.3 Å². The van der Waals surface area contributed by atoms with Gasteiger partial charge in [-0.3, -0.25) is 0 Å². The van der Waals surface area contributed by atoms with E-state index in [9.17, 15) is 21.6 Å². The van der Waals surface area contributed by atoms with E-state index in [2.05, 4.69) is 0 Å². The Labute approximate surface area is 179 Å². The molecule has 0 spiro atoms. The van der Waals surface area contributed by atoms with Crippen LogP contribution in [0.4, 0.5) is 8.78 Å². The van der Waals surface area contributed by atoms with Crippen LogP contribution in [0.1, 0.15) is 24.8 Å². The van der Waals surface area contributed by atoms with E-state index in [1.807, 2.05) is 0 Å². The molecule has 10 heteroatoms. The van der Waals surface area contributed by atoms with E-state index >= 15 is 4.39 Å². The third-order valence-electron chi connectivity index (χ3n) is 5.77. The fourth-order valence-electron chi connectivity index (χ4n) is 4.47. The van der Waals surface area contributed by atoms with Gasteiger partial charge in [0, 0.05) is 16.3 Å². The van der Waals surface area contributed by atoms with Crippen LogP contribution in [0.5, 0.6) is 5.75 Å². The molecule has 0 radical (unpaired) electrons. The van der Waals surface area contributed by atoms with Gasteiger partial charge >= 0.3 is 0 Å². The normalized spacial score (nSPS) is 25.9. The number of allylic oxidation sites excluding steroid dienone is 1. The second-order valence-electron chi connectivity index (χ2n) is 7.34. The van der Waals surface area contributed by atoms with Gasteiger partial charge in [0.2, 0.25) is 0 Å². The molecule has 1 fully saturated rings. The van der Waals surface area contributed by atoms with Crippen LogP contribution in [-0.4, -0.2) is 23.8 Å². The molecular weight excluding hydrogens is 458 g/mol. The summed E-state index contributed by atoms with van der Waals surface area (Å²) in [4.78, 5) is -0.0634. The molecule has 2 aromatic carbocycles. The molecule has 0 amide bonds. The number of hydrogen-bond acceptors (Lipinski definition) is 4. The summed E-state index contributed by atoms with van der Waals surface area (Å²) in [5.41, 5.74) is 0.254. The highest BCUT2D eigenvalue weighted by molar-refractivity contribution is 7.92. The Morgan fingerprint density at radius 2 is 1.83 bits per heavy atom. The third-order valence-corrected chi connectivity index (χ3v) is 9.15. The maximum atomic E-state index is 15.0. The van der Waals surface area contributed by atoms with Crippen molar-refractivity contribution in [2.45, 2.75) is 28.9 Å². The van der Waals surface area contributed by atoms with Crippen LogP contribution in [0, 0.1) is 17.6 Å². The molecule has 3 atom stereocenters. The molecule has 160 valence electrons. The van der Waals surface area contributed by atoms with Gasteiger partial charge in [-0.15, -0.1) is 0 Å². The molecule has 1 unspecified atom stereocenters. The standard InChI is InChI=1S/C20H17ClF2O5S2/c21-14-1-3-15(4-2-14)30(26,27)20-8-7-12(11-29(24)25)9-13(20)10-28-19-17(23)6-5-16(22)18(19)20/h1-6,11,13H,7-10H2,(H,24,25)/b12-11-/t13-,20+/m1/s1. The highest BCUT2D eigenvalue weighted by Gasteiger charge is 2.59. The van der Waals surface area contributed by atoms with Crippen molar-refractivity contribution < 1.29 is 30.7 Å². The van der Waals surface area contributed by atoms with Gasteiger partial charge < -0.3 is 9.29 Å². The maximum Gasteiger partial charge on any atom is 0.188 e. The van der Waals surface area contributed by atoms with Crippen molar-refractivity contribution in [2.75, 3.05) is 6.61 Å². The molecule has 0 bridgehead atoms. The first-order chi connectivity index (χ1) is 14.2. The Kier molecular flexibility index (Phi) is 5.50. The first-order valence-corrected chi connectivity index (χ1v) is 12.1. The summed E-state index contributed by atoms with van der Waals surface area (Å²) in [7, 11) is -4.22. The van der Waals surface area contributed by atoms with E-state index in [0.717, 1.165) is 17.5 Å². The zero-order chi connectivity index (χ0) is 21.7. The van der Waals surface area contributed by atoms with Crippen LogP contribution in [0.3, 0.4) is 0 Å². The van der Waals surface area contributed by atoms with Crippen molar-refractivity contribution >= 4 is 32.5 Å². The van der Waals surface area contributed by atoms with E-state index < -0.39 is 49.0 Å². The lowest BCUT2D eigenvalue weighted by atomic mass is 9.71. The van der Waals surface area contributed by atoms with Gasteiger partial charge in [-0.25, -0.2) is 21.4 Å². The molecule has 2 aromatic rings. The molecule has 2 aliphatic rings. The maximum absolute atomic E-state index is 15.0.